The second-order valence-electron chi connectivity index (χ2n) is 6.35. The lowest BCUT2D eigenvalue weighted by Crippen LogP contribution is -2.25. The van der Waals surface area contributed by atoms with E-state index in [4.69, 9.17) is 0 Å². The maximum atomic E-state index is 4.46. The molecule has 102 valence electrons. The summed E-state index contributed by atoms with van der Waals surface area (Å²) in [4.78, 5) is 4.46. The molecule has 18 heavy (non-hydrogen) atoms. The number of hydrogen-bond donors (Lipinski definition) is 1. The van der Waals surface area contributed by atoms with E-state index >= 15 is 0 Å². The summed E-state index contributed by atoms with van der Waals surface area (Å²) in [5.74, 6) is 1.06. The summed E-state index contributed by atoms with van der Waals surface area (Å²) in [6, 6.07) is 0.625. The van der Waals surface area contributed by atoms with Gasteiger partial charge in [-0.2, -0.15) is 0 Å². The van der Waals surface area contributed by atoms with Crippen LogP contribution in [0.5, 0.6) is 0 Å². The average Bonchev–Trinajstić information content (AvgIpc) is 2.76. The van der Waals surface area contributed by atoms with Crippen molar-refractivity contribution in [3.8, 4) is 0 Å². The van der Waals surface area contributed by atoms with E-state index in [1.54, 1.807) is 0 Å². The standard InChI is InChI=1S/C15H27N3/c1-4-5-9-16-14-17-10-11-18(14)13-7-6-8-15(2,3)12-13/h10-11,13H,4-9,12H2,1-3H3,(H,16,17). The van der Waals surface area contributed by atoms with E-state index in [0.717, 1.165) is 12.5 Å². The average molecular weight is 249 g/mol. The number of rotatable bonds is 5. The Hall–Kier alpha value is -0.990. The number of nitrogens with one attached hydrogen (secondary N) is 1. The van der Waals surface area contributed by atoms with Crippen LogP contribution >= 0.6 is 0 Å². The Morgan fingerprint density at radius 1 is 1.50 bits per heavy atom. The van der Waals surface area contributed by atoms with Gasteiger partial charge in [0.25, 0.3) is 0 Å². The van der Waals surface area contributed by atoms with Crippen LogP contribution in [-0.2, 0) is 0 Å². The lowest BCUT2D eigenvalue weighted by atomic mass is 9.75. The summed E-state index contributed by atoms with van der Waals surface area (Å²) in [6.45, 7) is 8.03. The van der Waals surface area contributed by atoms with Gasteiger partial charge in [-0.1, -0.05) is 33.6 Å². The molecule has 0 aliphatic heterocycles. The zero-order chi connectivity index (χ0) is 13.0. The molecular formula is C15H27N3. The fourth-order valence-electron chi connectivity index (χ4n) is 3.02. The van der Waals surface area contributed by atoms with E-state index < -0.39 is 0 Å². The van der Waals surface area contributed by atoms with Crippen LogP contribution in [0.3, 0.4) is 0 Å². The van der Waals surface area contributed by atoms with Crippen LogP contribution in [0.15, 0.2) is 12.4 Å². The molecule has 3 heteroatoms. The molecule has 0 radical (unpaired) electrons. The van der Waals surface area contributed by atoms with E-state index in [-0.39, 0.29) is 0 Å². The smallest absolute Gasteiger partial charge is 0.203 e. The van der Waals surface area contributed by atoms with Crippen molar-refractivity contribution >= 4 is 5.95 Å². The molecule has 1 fully saturated rings. The molecule has 1 saturated carbocycles. The van der Waals surface area contributed by atoms with Crippen LogP contribution in [0.1, 0.15) is 65.3 Å². The molecule has 0 saturated heterocycles. The van der Waals surface area contributed by atoms with Gasteiger partial charge < -0.3 is 9.88 Å². The summed E-state index contributed by atoms with van der Waals surface area (Å²) >= 11 is 0. The minimum Gasteiger partial charge on any atom is -0.356 e. The van der Waals surface area contributed by atoms with Crippen LogP contribution < -0.4 is 5.32 Å². The first-order chi connectivity index (χ1) is 8.62. The summed E-state index contributed by atoms with van der Waals surface area (Å²) in [5.41, 5.74) is 0.480. The maximum absolute atomic E-state index is 4.46. The number of nitrogens with zero attached hydrogens (tertiary/aromatic N) is 2. The first-order valence-corrected chi connectivity index (χ1v) is 7.39. The predicted octanol–water partition coefficient (Wildman–Crippen LogP) is 4.24. The van der Waals surface area contributed by atoms with Gasteiger partial charge in [-0.05, 0) is 31.1 Å². The van der Waals surface area contributed by atoms with Crippen molar-refractivity contribution in [3.05, 3.63) is 12.4 Å². The molecule has 1 aromatic heterocycles. The first kappa shape index (κ1) is 13.4. The Morgan fingerprint density at radius 3 is 3.06 bits per heavy atom. The van der Waals surface area contributed by atoms with Crippen LogP contribution in [0.25, 0.3) is 0 Å². The zero-order valence-electron chi connectivity index (χ0n) is 12.1. The highest BCUT2D eigenvalue weighted by molar-refractivity contribution is 5.26. The second kappa shape index (κ2) is 5.77. The molecule has 1 aliphatic rings. The Kier molecular flexibility index (Phi) is 4.31. The summed E-state index contributed by atoms with van der Waals surface area (Å²) in [7, 11) is 0. The predicted molar refractivity (Wildman–Crippen MR) is 76.9 cm³/mol. The van der Waals surface area contributed by atoms with Crippen molar-refractivity contribution in [1.29, 1.82) is 0 Å². The largest absolute Gasteiger partial charge is 0.356 e. The third kappa shape index (κ3) is 3.27. The SMILES string of the molecule is CCCCNc1nccn1C1CCCC(C)(C)C1. The normalized spacial score (nSPS) is 22.9. The molecule has 1 aliphatic carbocycles. The number of aromatic nitrogens is 2. The van der Waals surface area contributed by atoms with Crippen LogP contribution in [0, 0.1) is 5.41 Å². The minimum atomic E-state index is 0.480. The number of imidazole rings is 1. The van der Waals surface area contributed by atoms with E-state index in [9.17, 15) is 0 Å². The summed E-state index contributed by atoms with van der Waals surface area (Å²) in [6.07, 6.45) is 11.8. The number of unbranched alkanes of at least 4 members (excludes halogenated alkanes) is 1. The fourth-order valence-corrected chi connectivity index (χ4v) is 3.02. The van der Waals surface area contributed by atoms with E-state index in [1.807, 2.05) is 6.20 Å². The molecule has 3 nitrogen and oxygen atoms in total. The lowest BCUT2D eigenvalue weighted by Gasteiger charge is -2.36. The van der Waals surface area contributed by atoms with Crippen molar-refractivity contribution in [1.82, 2.24) is 9.55 Å². The fraction of sp³-hybridized carbons (Fsp3) is 0.800. The monoisotopic (exact) mass is 249 g/mol. The van der Waals surface area contributed by atoms with Gasteiger partial charge in [-0.3, -0.25) is 0 Å². The summed E-state index contributed by atoms with van der Waals surface area (Å²) < 4.78 is 2.36. The van der Waals surface area contributed by atoms with Gasteiger partial charge in [0.2, 0.25) is 5.95 Å². The third-order valence-electron chi connectivity index (χ3n) is 4.05. The van der Waals surface area contributed by atoms with Crippen LogP contribution in [-0.4, -0.2) is 16.1 Å². The Labute approximate surface area is 111 Å². The second-order valence-corrected chi connectivity index (χ2v) is 6.35. The van der Waals surface area contributed by atoms with E-state index in [1.165, 1.54) is 38.5 Å². The molecule has 0 aromatic carbocycles. The maximum Gasteiger partial charge on any atom is 0.203 e. The Morgan fingerprint density at radius 2 is 2.33 bits per heavy atom. The first-order valence-electron chi connectivity index (χ1n) is 7.39. The van der Waals surface area contributed by atoms with E-state index in [2.05, 4.69) is 41.8 Å². The van der Waals surface area contributed by atoms with Gasteiger partial charge in [0.05, 0.1) is 0 Å². The van der Waals surface area contributed by atoms with Gasteiger partial charge in [0.15, 0.2) is 0 Å². The molecule has 1 aromatic rings. The minimum absolute atomic E-state index is 0.480. The molecule has 2 rings (SSSR count). The van der Waals surface area contributed by atoms with Crippen molar-refractivity contribution in [2.24, 2.45) is 5.41 Å². The topological polar surface area (TPSA) is 29.9 Å². The highest BCUT2D eigenvalue weighted by Crippen LogP contribution is 2.41. The van der Waals surface area contributed by atoms with Crippen LogP contribution in [0.4, 0.5) is 5.95 Å². The third-order valence-corrected chi connectivity index (χ3v) is 4.05. The van der Waals surface area contributed by atoms with Crippen molar-refractivity contribution in [3.63, 3.8) is 0 Å². The summed E-state index contributed by atoms with van der Waals surface area (Å²) in [5, 5.41) is 3.47. The Balaban J connectivity index is 2.01. The number of anilines is 1. The quantitative estimate of drug-likeness (QED) is 0.791. The Bertz CT molecular complexity index is 368. The lowest BCUT2D eigenvalue weighted by molar-refractivity contribution is 0.184. The van der Waals surface area contributed by atoms with E-state index in [0.29, 0.717) is 11.5 Å². The molecule has 1 N–H and O–H groups in total. The highest BCUT2D eigenvalue weighted by Gasteiger charge is 2.29. The van der Waals surface area contributed by atoms with Crippen molar-refractivity contribution in [2.45, 2.75) is 65.3 Å². The van der Waals surface area contributed by atoms with Crippen LogP contribution in [0.2, 0.25) is 0 Å². The molecule has 1 atom stereocenters. The van der Waals surface area contributed by atoms with Gasteiger partial charge >= 0.3 is 0 Å². The molecule has 0 spiro atoms. The van der Waals surface area contributed by atoms with Crippen molar-refractivity contribution in [2.75, 3.05) is 11.9 Å². The zero-order valence-corrected chi connectivity index (χ0v) is 12.1. The number of hydrogen-bond acceptors (Lipinski definition) is 2. The van der Waals surface area contributed by atoms with Gasteiger partial charge in [-0.25, -0.2) is 4.98 Å². The molecule has 1 unspecified atom stereocenters. The molecule has 0 bridgehead atoms. The molecule has 0 amide bonds. The molecule has 1 heterocycles. The highest BCUT2D eigenvalue weighted by atomic mass is 15.2. The molecular weight excluding hydrogens is 222 g/mol. The van der Waals surface area contributed by atoms with Gasteiger partial charge in [0, 0.05) is 25.0 Å². The van der Waals surface area contributed by atoms with Gasteiger partial charge in [-0.15, -0.1) is 0 Å². The van der Waals surface area contributed by atoms with Gasteiger partial charge in [0.1, 0.15) is 0 Å². The van der Waals surface area contributed by atoms with Crippen molar-refractivity contribution < 1.29 is 0 Å².